The topological polar surface area (TPSA) is 75.2 Å². The fourth-order valence-corrected chi connectivity index (χ4v) is 3.31. The lowest BCUT2D eigenvalue weighted by atomic mass is 10.1. The molecule has 0 aromatic heterocycles. The molecule has 1 aromatic carbocycles. The van der Waals surface area contributed by atoms with Gasteiger partial charge in [0.05, 0.1) is 18.3 Å². The predicted molar refractivity (Wildman–Crippen MR) is 112 cm³/mol. The molecule has 1 aliphatic heterocycles. The highest BCUT2D eigenvalue weighted by molar-refractivity contribution is 5.80. The van der Waals surface area contributed by atoms with Gasteiger partial charge in [-0.1, -0.05) is 6.07 Å². The van der Waals surface area contributed by atoms with Crippen LogP contribution in [0.2, 0.25) is 0 Å². The van der Waals surface area contributed by atoms with E-state index in [0.29, 0.717) is 38.5 Å². The maximum atomic E-state index is 13.5. The summed E-state index contributed by atoms with van der Waals surface area (Å²) >= 11 is 0. The monoisotopic (exact) mass is 444 g/mol. The van der Waals surface area contributed by atoms with Crippen LogP contribution in [0.15, 0.2) is 23.2 Å². The summed E-state index contributed by atoms with van der Waals surface area (Å²) in [5.74, 6) is 0.590. The van der Waals surface area contributed by atoms with Crippen LogP contribution in [0.1, 0.15) is 44.7 Å². The first-order valence-corrected chi connectivity index (χ1v) is 10.4. The Kier molecular flexibility index (Phi) is 8.82. The van der Waals surface area contributed by atoms with E-state index in [0.717, 1.165) is 6.07 Å². The molecule has 10 heteroatoms. The number of nitrogens with one attached hydrogen (secondary N) is 2. The van der Waals surface area contributed by atoms with Gasteiger partial charge in [-0.25, -0.2) is 4.79 Å². The Hall–Kier alpha value is -2.65. The van der Waals surface area contributed by atoms with Gasteiger partial charge in [0.2, 0.25) is 0 Å². The molecule has 0 radical (unpaired) electrons. The summed E-state index contributed by atoms with van der Waals surface area (Å²) < 4.78 is 51.0. The molecule has 1 aromatic rings. The number of piperidine rings is 1. The van der Waals surface area contributed by atoms with Crippen molar-refractivity contribution in [3.8, 4) is 5.75 Å². The summed E-state index contributed by atoms with van der Waals surface area (Å²) in [6.07, 6.45) is -3.66. The van der Waals surface area contributed by atoms with Crippen molar-refractivity contribution in [1.29, 1.82) is 0 Å². The lowest BCUT2D eigenvalue weighted by molar-refractivity contribution is -0.138. The Morgan fingerprint density at radius 3 is 2.52 bits per heavy atom. The first-order chi connectivity index (χ1) is 14.6. The third-order valence-corrected chi connectivity index (χ3v) is 4.79. The zero-order valence-electron chi connectivity index (χ0n) is 18.4. The molecule has 0 spiro atoms. The van der Waals surface area contributed by atoms with Gasteiger partial charge in [0.1, 0.15) is 5.75 Å². The SMILES string of the molecule is CCOC(=O)N1CCC(NC(=NC)NCc2ccc(OC(C)C)cc2C(F)(F)F)CC1. The molecule has 1 fully saturated rings. The van der Waals surface area contributed by atoms with Crippen molar-refractivity contribution in [2.45, 2.75) is 58.5 Å². The van der Waals surface area contributed by atoms with Gasteiger partial charge in [0, 0.05) is 32.7 Å². The molecule has 2 N–H and O–H groups in total. The summed E-state index contributed by atoms with van der Waals surface area (Å²) in [5.41, 5.74) is -0.639. The maximum absolute atomic E-state index is 13.5. The van der Waals surface area contributed by atoms with E-state index in [1.165, 1.54) is 12.1 Å². The number of halogens is 3. The summed E-state index contributed by atoms with van der Waals surface area (Å²) in [5, 5.41) is 6.17. The van der Waals surface area contributed by atoms with E-state index >= 15 is 0 Å². The van der Waals surface area contributed by atoms with E-state index in [1.54, 1.807) is 32.7 Å². The van der Waals surface area contributed by atoms with Gasteiger partial charge in [0.15, 0.2) is 5.96 Å². The van der Waals surface area contributed by atoms with Gasteiger partial charge < -0.3 is 25.0 Å². The number of carbonyl (C=O) groups excluding carboxylic acids is 1. The second kappa shape index (κ2) is 11.1. The number of hydrogen-bond acceptors (Lipinski definition) is 4. The Balaban J connectivity index is 1.96. The van der Waals surface area contributed by atoms with Crippen LogP contribution in [-0.4, -0.2) is 55.8 Å². The highest BCUT2D eigenvalue weighted by atomic mass is 19.4. The Bertz CT molecular complexity index is 761. The average Bonchev–Trinajstić information content (AvgIpc) is 2.71. The van der Waals surface area contributed by atoms with Crippen LogP contribution in [-0.2, 0) is 17.5 Å². The first kappa shape index (κ1) is 24.6. The molecule has 1 heterocycles. The smallest absolute Gasteiger partial charge is 0.416 e. The summed E-state index contributed by atoms with van der Waals surface area (Å²) in [4.78, 5) is 17.5. The summed E-state index contributed by atoms with van der Waals surface area (Å²) in [6.45, 7) is 6.66. The number of ether oxygens (including phenoxy) is 2. The van der Waals surface area contributed by atoms with Crippen molar-refractivity contribution in [3.63, 3.8) is 0 Å². The van der Waals surface area contributed by atoms with Crippen molar-refractivity contribution in [3.05, 3.63) is 29.3 Å². The minimum absolute atomic E-state index is 0.0435. The van der Waals surface area contributed by atoms with Crippen molar-refractivity contribution >= 4 is 12.1 Å². The summed E-state index contributed by atoms with van der Waals surface area (Å²) in [6, 6.07) is 4.03. The fourth-order valence-electron chi connectivity index (χ4n) is 3.31. The van der Waals surface area contributed by atoms with Crippen molar-refractivity contribution in [1.82, 2.24) is 15.5 Å². The van der Waals surface area contributed by atoms with Crippen LogP contribution >= 0.6 is 0 Å². The van der Waals surface area contributed by atoms with Crippen molar-refractivity contribution in [2.75, 3.05) is 26.7 Å². The normalized spacial score (nSPS) is 15.7. The third-order valence-electron chi connectivity index (χ3n) is 4.79. The lowest BCUT2D eigenvalue weighted by Crippen LogP contribution is -2.49. The van der Waals surface area contributed by atoms with E-state index in [2.05, 4.69) is 15.6 Å². The third kappa shape index (κ3) is 7.52. The van der Waals surface area contributed by atoms with Crippen molar-refractivity contribution < 1.29 is 27.4 Å². The zero-order chi connectivity index (χ0) is 23.0. The number of nitrogens with zero attached hydrogens (tertiary/aromatic N) is 2. The molecular formula is C21H31F3N4O3. The van der Waals surface area contributed by atoms with E-state index < -0.39 is 11.7 Å². The summed E-state index contributed by atoms with van der Waals surface area (Å²) in [7, 11) is 1.56. The molecule has 0 unspecified atom stereocenters. The van der Waals surface area contributed by atoms with Crippen LogP contribution in [0.3, 0.4) is 0 Å². The number of rotatable bonds is 6. The average molecular weight is 444 g/mol. The Labute approximate surface area is 181 Å². The minimum Gasteiger partial charge on any atom is -0.491 e. The molecule has 1 saturated heterocycles. The predicted octanol–water partition coefficient (Wildman–Crippen LogP) is 3.78. The van der Waals surface area contributed by atoms with Gasteiger partial charge in [-0.2, -0.15) is 13.2 Å². The van der Waals surface area contributed by atoms with Gasteiger partial charge in [0.25, 0.3) is 0 Å². The standard InChI is InChI=1S/C21H31F3N4O3/c1-5-30-20(29)28-10-8-16(9-11-28)27-19(25-4)26-13-15-6-7-17(31-14(2)3)12-18(15)21(22,23)24/h6-7,12,14,16H,5,8-11,13H2,1-4H3,(H2,25,26,27). The highest BCUT2D eigenvalue weighted by Crippen LogP contribution is 2.34. The number of likely N-dealkylation sites (tertiary alicyclic amines) is 1. The Morgan fingerprint density at radius 2 is 1.97 bits per heavy atom. The molecule has 174 valence electrons. The minimum atomic E-state index is -4.50. The van der Waals surface area contributed by atoms with Crippen LogP contribution in [0.5, 0.6) is 5.75 Å². The van der Waals surface area contributed by atoms with Crippen molar-refractivity contribution in [2.24, 2.45) is 4.99 Å². The maximum Gasteiger partial charge on any atom is 0.416 e. The van der Waals surface area contributed by atoms with Gasteiger partial charge in [-0.05, 0) is 51.3 Å². The molecular weight excluding hydrogens is 413 g/mol. The van der Waals surface area contributed by atoms with Gasteiger partial charge >= 0.3 is 12.3 Å². The second-order valence-corrected chi connectivity index (χ2v) is 7.51. The van der Waals surface area contributed by atoms with Crippen LogP contribution in [0.4, 0.5) is 18.0 Å². The molecule has 0 bridgehead atoms. The molecule has 0 atom stereocenters. The molecule has 7 nitrogen and oxygen atoms in total. The van der Waals surface area contributed by atoms with Gasteiger partial charge in [-0.3, -0.25) is 4.99 Å². The first-order valence-electron chi connectivity index (χ1n) is 10.4. The van der Waals surface area contributed by atoms with Crippen LogP contribution in [0, 0.1) is 0 Å². The number of carbonyl (C=O) groups is 1. The highest BCUT2D eigenvalue weighted by Gasteiger charge is 2.34. The van der Waals surface area contributed by atoms with E-state index in [1.807, 2.05) is 0 Å². The number of hydrogen-bond donors (Lipinski definition) is 2. The lowest BCUT2D eigenvalue weighted by Gasteiger charge is -2.32. The molecule has 31 heavy (non-hydrogen) atoms. The van der Waals surface area contributed by atoms with E-state index in [4.69, 9.17) is 9.47 Å². The second-order valence-electron chi connectivity index (χ2n) is 7.51. The van der Waals surface area contributed by atoms with Gasteiger partial charge in [-0.15, -0.1) is 0 Å². The fraction of sp³-hybridized carbons (Fsp3) is 0.619. The van der Waals surface area contributed by atoms with E-state index in [-0.39, 0.29) is 36.1 Å². The van der Waals surface area contributed by atoms with E-state index in [9.17, 15) is 18.0 Å². The number of alkyl halides is 3. The number of benzene rings is 1. The molecule has 0 aliphatic carbocycles. The zero-order valence-corrected chi connectivity index (χ0v) is 18.4. The number of guanidine groups is 1. The van der Waals surface area contributed by atoms with Crippen LogP contribution in [0.25, 0.3) is 0 Å². The molecule has 2 rings (SSSR count). The van der Waals surface area contributed by atoms with Crippen LogP contribution < -0.4 is 15.4 Å². The number of amides is 1. The Morgan fingerprint density at radius 1 is 1.29 bits per heavy atom. The molecule has 1 aliphatic rings. The molecule has 0 saturated carbocycles. The molecule has 1 amide bonds. The largest absolute Gasteiger partial charge is 0.491 e. The quantitative estimate of drug-likeness (QED) is 0.516. The number of aliphatic imine (C=N–C) groups is 1.